The molecule has 20 heavy (non-hydrogen) atoms. The summed E-state index contributed by atoms with van der Waals surface area (Å²) in [7, 11) is 0. The summed E-state index contributed by atoms with van der Waals surface area (Å²) in [6.45, 7) is 7.89. The van der Waals surface area contributed by atoms with Gasteiger partial charge in [-0.2, -0.15) is 0 Å². The number of nitrogens with one attached hydrogen (secondary N) is 3. The van der Waals surface area contributed by atoms with Crippen molar-refractivity contribution in [2.75, 3.05) is 32.7 Å². The molecule has 3 rings (SSSR count). The lowest BCUT2D eigenvalue weighted by molar-refractivity contribution is -1.02. The second-order valence-corrected chi connectivity index (χ2v) is 6.42. The van der Waals surface area contributed by atoms with Gasteiger partial charge in [-0.15, -0.1) is 0 Å². The molecule has 2 heterocycles. The van der Waals surface area contributed by atoms with E-state index in [1.54, 1.807) is 4.90 Å². The van der Waals surface area contributed by atoms with Crippen LogP contribution >= 0.6 is 0 Å². The van der Waals surface area contributed by atoms with Crippen molar-refractivity contribution >= 4 is 0 Å². The fraction of sp³-hybridized carbons (Fsp3) is 0.588. The maximum atomic E-state index is 3.36. The van der Waals surface area contributed by atoms with E-state index in [9.17, 15) is 0 Å². The first-order chi connectivity index (χ1) is 9.90. The summed E-state index contributed by atoms with van der Waals surface area (Å²) in [5.41, 5.74) is 1.36. The third kappa shape index (κ3) is 3.90. The third-order valence-electron chi connectivity index (χ3n) is 4.83. The molecule has 3 heteroatoms. The Kier molecular flexibility index (Phi) is 4.82. The zero-order chi connectivity index (χ0) is 13.6. The maximum absolute atomic E-state index is 3.36. The first-order valence-electron chi connectivity index (χ1n) is 8.18. The molecule has 1 atom stereocenters. The monoisotopic (exact) mass is 274 g/mol. The van der Waals surface area contributed by atoms with Gasteiger partial charge in [-0.3, -0.25) is 0 Å². The zero-order valence-electron chi connectivity index (χ0n) is 12.4. The van der Waals surface area contributed by atoms with E-state index in [-0.39, 0.29) is 0 Å². The normalized spacial score (nSPS) is 30.3. The van der Waals surface area contributed by atoms with Crippen LogP contribution in [0.3, 0.4) is 0 Å². The molecule has 1 aliphatic heterocycles. The Morgan fingerprint density at radius 2 is 1.90 bits per heavy atom. The predicted molar refractivity (Wildman–Crippen MR) is 79.4 cm³/mol. The lowest BCUT2D eigenvalue weighted by Crippen LogP contribution is -3.27. The number of quaternary nitrogens is 2. The molecule has 108 valence electrons. The number of rotatable bonds is 4. The van der Waals surface area contributed by atoms with Crippen LogP contribution in [0.1, 0.15) is 25.0 Å². The van der Waals surface area contributed by atoms with Gasteiger partial charge in [0.25, 0.3) is 0 Å². The smallest absolute Gasteiger partial charge is 0.234 e. The van der Waals surface area contributed by atoms with Gasteiger partial charge in [0, 0.05) is 18.1 Å². The Bertz CT molecular complexity index is 421. The molecule has 3 N–H and O–H groups in total. The lowest BCUT2D eigenvalue weighted by atomic mass is 9.94. The summed E-state index contributed by atoms with van der Waals surface area (Å²) in [4.78, 5) is 6.93. The van der Waals surface area contributed by atoms with Gasteiger partial charge < -0.3 is 9.80 Å². The Labute approximate surface area is 122 Å². The average Bonchev–Trinajstić information content (AvgIpc) is 2.51. The number of H-pyrrole nitrogens is 1. The number of piperazine rings is 1. The van der Waals surface area contributed by atoms with Gasteiger partial charge in [-0.05, 0) is 25.3 Å². The number of aromatic amines is 1. The van der Waals surface area contributed by atoms with Crippen LogP contribution in [0.2, 0.25) is 0 Å². The highest BCUT2D eigenvalue weighted by atomic mass is 15.3. The Balaban J connectivity index is 1.41. The van der Waals surface area contributed by atoms with Crippen LogP contribution in [-0.4, -0.2) is 32.7 Å². The highest BCUT2D eigenvalue weighted by Gasteiger charge is 2.26. The molecule has 0 saturated carbocycles. The Hall–Kier alpha value is -1.19. The van der Waals surface area contributed by atoms with Gasteiger partial charge in [0.2, 0.25) is 5.69 Å². The predicted octanol–water partition coefficient (Wildman–Crippen LogP) is -0.860. The van der Waals surface area contributed by atoms with Crippen molar-refractivity contribution in [2.45, 2.75) is 25.8 Å². The van der Waals surface area contributed by atoms with Gasteiger partial charge in [-0.25, -0.2) is 4.98 Å². The van der Waals surface area contributed by atoms with E-state index in [0.29, 0.717) is 0 Å². The second-order valence-electron chi connectivity index (χ2n) is 6.42. The van der Waals surface area contributed by atoms with Crippen LogP contribution in [0, 0.1) is 5.92 Å². The number of hydrogen-bond acceptors (Lipinski definition) is 0. The minimum atomic E-state index is 0.944. The molecule has 1 aromatic rings. The van der Waals surface area contributed by atoms with Crippen LogP contribution in [0.4, 0.5) is 0 Å². The largest absolute Gasteiger partial charge is 0.325 e. The SMILES string of the molecule is C1=CCC(C[NH+]2CC[NH+](Cc3cccc[nH+]3)CC2)CC1. The van der Waals surface area contributed by atoms with E-state index in [1.807, 2.05) is 11.1 Å². The van der Waals surface area contributed by atoms with Gasteiger partial charge >= 0.3 is 0 Å². The van der Waals surface area contributed by atoms with E-state index in [1.165, 1.54) is 57.7 Å². The van der Waals surface area contributed by atoms with Crippen LogP contribution in [0.15, 0.2) is 36.5 Å². The maximum Gasteiger partial charge on any atom is 0.234 e. The van der Waals surface area contributed by atoms with E-state index in [4.69, 9.17) is 0 Å². The van der Waals surface area contributed by atoms with Crippen LogP contribution in [-0.2, 0) is 6.54 Å². The molecule has 0 amide bonds. The van der Waals surface area contributed by atoms with E-state index >= 15 is 0 Å². The van der Waals surface area contributed by atoms with Crippen molar-refractivity contribution in [3.63, 3.8) is 0 Å². The van der Waals surface area contributed by atoms with Crippen LogP contribution < -0.4 is 14.8 Å². The minimum absolute atomic E-state index is 0.944. The van der Waals surface area contributed by atoms with Crippen molar-refractivity contribution in [1.29, 1.82) is 0 Å². The molecule has 1 fully saturated rings. The van der Waals surface area contributed by atoms with Gasteiger partial charge in [-0.1, -0.05) is 12.2 Å². The average molecular weight is 274 g/mol. The Morgan fingerprint density at radius 3 is 2.60 bits per heavy atom. The number of allylic oxidation sites excluding steroid dienone is 2. The van der Waals surface area contributed by atoms with Crippen molar-refractivity contribution in [3.8, 4) is 0 Å². The highest BCUT2D eigenvalue weighted by Crippen LogP contribution is 2.15. The molecular weight excluding hydrogens is 246 g/mol. The summed E-state index contributed by atoms with van der Waals surface area (Å²) in [6.07, 6.45) is 10.8. The second kappa shape index (κ2) is 7.00. The number of aromatic nitrogens is 1. The summed E-state index contributed by atoms with van der Waals surface area (Å²) >= 11 is 0. The topological polar surface area (TPSA) is 23.0 Å². The molecule has 0 spiro atoms. The quantitative estimate of drug-likeness (QED) is 0.668. The summed E-state index contributed by atoms with van der Waals surface area (Å²) in [5.74, 6) is 0.944. The third-order valence-corrected chi connectivity index (χ3v) is 4.83. The molecule has 3 nitrogen and oxygen atoms in total. The van der Waals surface area contributed by atoms with E-state index in [2.05, 4.69) is 35.3 Å². The fourth-order valence-electron chi connectivity index (χ4n) is 3.60. The standard InChI is InChI=1S/C17H25N3/c1-2-6-16(7-3-1)14-19-10-12-20(13-11-19)15-17-8-4-5-9-18-17/h1-2,4-5,8-9,16H,3,6-7,10-15H2/p+3. The molecule has 1 aliphatic carbocycles. The zero-order valence-corrected chi connectivity index (χ0v) is 12.4. The molecule has 0 radical (unpaired) electrons. The van der Waals surface area contributed by atoms with Crippen molar-refractivity contribution in [2.24, 2.45) is 5.92 Å². The highest BCUT2D eigenvalue weighted by molar-refractivity contribution is 4.94. The summed E-state index contributed by atoms with van der Waals surface area (Å²) < 4.78 is 0. The van der Waals surface area contributed by atoms with Crippen molar-refractivity contribution < 1.29 is 14.8 Å². The van der Waals surface area contributed by atoms with Gasteiger partial charge in [0.05, 0.1) is 6.54 Å². The first-order valence-corrected chi connectivity index (χ1v) is 8.18. The molecule has 1 saturated heterocycles. The molecule has 0 aromatic carbocycles. The molecule has 1 unspecified atom stereocenters. The molecule has 2 aliphatic rings. The van der Waals surface area contributed by atoms with E-state index < -0.39 is 0 Å². The fourth-order valence-corrected chi connectivity index (χ4v) is 3.60. The number of pyridine rings is 1. The van der Waals surface area contributed by atoms with Gasteiger partial charge in [0.15, 0.2) is 12.7 Å². The lowest BCUT2D eigenvalue weighted by Gasteiger charge is -2.31. The summed E-state index contributed by atoms with van der Waals surface area (Å²) in [6, 6.07) is 6.39. The molecule has 1 aromatic heterocycles. The Morgan fingerprint density at radius 1 is 1.05 bits per heavy atom. The van der Waals surface area contributed by atoms with Crippen molar-refractivity contribution in [3.05, 3.63) is 42.2 Å². The van der Waals surface area contributed by atoms with E-state index in [0.717, 1.165) is 12.5 Å². The number of hydrogen-bond donors (Lipinski definition) is 2. The van der Waals surface area contributed by atoms with Crippen LogP contribution in [0.5, 0.6) is 0 Å². The van der Waals surface area contributed by atoms with Crippen molar-refractivity contribution in [1.82, 2.24) is 0 Å². The first kappa shape index (κ1) is 13.8. The van der Waals surface area contributed by atoms with Crippen LogP contribution in [0.25, 0.3) is 0 Å². The van der Waals surface area contributed by atoms with Gasteiger partial charge in [0.1, 0.15) is 26.2 Å². The minimum Gasteiger partial charge on any atom is -0.325 e. The molecule has 0 bridgehead atoms. The summed E-state index contributed by atoms with van der Waals surface area (Å²) in [5, 5.41) is 0. The molecular formula is C17H28N3+3.